The Morgan fingerprint density at radius 1 is 1.38 bits per heavy atom. The smallest absolute Gasteiger partial charge is 0.124 e. The maximum atomic E-state index is 10.1. The zero-order valence-corrected chi connectivity index (χ0v) is 18.3. The lowest BCUT2D eigenvalue weighted by Gasteiger charge is -2.17. The highest BCUT2D eigenvalue weighted by Gasteiger charge is 2.10. The maximum Gasteiger partial charge on any atom is 0.124 e. The summed E-state index contributed by atoms with van der Waals surface area (Å²) < 4.78 is 0. The number of carbonyl (C=O) groups excluding carboxylic acids is 1. The Morgan fingerprint density at radius 3 is 2.83 bits per heavy atom. The van der Waals surface area contributed by atoms with Crippen molar-refractivity contribution in [2.45, 2.75) is 37.6 Å². The second-order valence-electron chi connectivity index (χ2n) is 7.21. The van der Waals surface area contributed by atoms with Crippen molar-refractivity contribution in [3.63, 3.8) is 0 Å². The van der Waals surface area contributed by atoms with Gasteiger partial charge in [0.1, 0.15) is 6.29 Å². The van der Waals surface area contributed by atoms with Crippen molar-refractivity contribution in [3.8, 4) is 0 Å². The number of rotatable bonds is 8. The molecular formula is C23H32N4OS. The van der Waals surface area contributed by atoms with E-state index in [4.69, 9.17) is 0 Å². The van der Waals surface area contributed by atoms with E-state index in [1.807, 2.05) is 12.3 Å². The molecule has 1 atom stereocenters. The number of aldehydes is 1. The van der Waals surface area contributed by atoms with Crippen molar-refractivity contribution >= 4 is 30.5 Å². The Hall–Kier alpha value is -2.02. The SMILES string of the molecule is C=Nc1ccc(CC)cc1SCN(C)Cc1cccnc1.O=CC1CCCNC1. The summed E-state index contributed by atoms with van der Waals surface area (Å²) in [7, 11) is 2.12. The van der Waals surface area contributed by atoms with Gasteiger partial charge < -0.3 is 10.1 Å². The second-order valence-corrected chi connectivity index (χ2v) is 8.19. The minimum Gasteiger partial charge on any atom is -0.316 e. The molecule has 3 rings (SSSR count). The molecule has 1 unspecified atom stereocenters. The Labute approximate surface area is 179 Å². The number of hydrogen-bond donors (Lipinski definition) is 1. The monoisotopic (exact) mass is 412 g/mol. The van der Waals surface area contributed by atoms with Gasteiger partial charge in [0.2, 0.25) is 0 Å². The molecule has 0 radical (unpaired) electrons. The van der Waals surface area contributed by atoms with Crippen LogP contribution in [0.3, 0.4) is 0 Å². The van der Waals surface area contributed by atoms with E-state index in [0.29, 0.717) is 5.92 Å². The van der Waals surface area contributed by atoms with Gasteiger partial charge in [-0.2, -0.15) is 0 Å². The van der Waals surface area contributed by atoms with Crippen LogP contribution in [0.5, 0.6) is 0 Å². The molecule has 1 aliphatic rings. The van der Waals surface area contributed by atoms with E-state index in [0.717, 1.165) is 56.7 Å². The third-order valence-electron chi connectivity index (χ3n) is 4.75. The molecule has 29 heavy (non-hydrogen) atoms. The lowest BCUT2D eigenvalue weighted by molar-refractivity contribution is -0.111. The Morgan fingerprint density at radius 2 is 2.24 bits per heavy atom. The summed E-state index contributed by atoms with van der Waals surface area (Å²) in [6.07, 6.45) is 8.04. The molecule has 1 fully saturated rings. The molecule has 1 N–H and O–H groups in total. The van der Waals surface area contributed by atoms with Gasteiger partial charge in [-0.05, 0) is 68.9 Å². The number of nitrogens with zero attached hydrogens (tertiary/aromatic N) is 3. The number of benzene rings is 1. The summed E-state index contributed by atoms with van der Waals surface area (Å²) in [5.41, 5.74) is 3.52. The van der Waals surface area contributed by atoms with Crippen molar-refractivity contribution in [3.05, 3.63) is 53.9 Å². The van der Waals surface area contributed by atoms with Crippen LogP contribution < -0.4 is 5.32 Å². The van der Waals surface area contributed by atoms with Crippen molar-refractivity contribution < 1.29 is 4.79 Å². The summed E-state index contributed by atoms with van der Waals surface area (Å²) in [5, 5.41) is 3.15. The molecule has 0 spiro atoms. The van der Waals surface area contributed by atoms with Crippen LogP contribution in [0.4, 0.5) is 5.69 Å². The first kappa shape index (κ1) is 23.3. The average molecular weight is 413 g/mol. The fourth-order valence-corrected chi connectivity index (χ4v) is 4.01. The number of pyridine rings is 1. The van der Waals surface area contributed by atoms with E-state index >= 15 is 0 Å². The van der Waals surface area contributed by atoms with Crippen LogP contribution in [0.25, 0.3) is 0 Å². The topological polar surface area (TPSA) is 57.6 Å². The number of hydrogen-bond acceptors (Lipinski definition) is 6. The number of carbonyl (C=O) groups is 1. The molecule has 156 valence electrons. The molecule has 0 bridgehead atoms. The summed E-state index contributed by atoms with van der Waals surface area (Å²) in [4.78, 5) is 21.8. The first-order valence-corrected chi connectivity index (χ1v) is 11.1. The number of aliphatic imine (C=N–C) groups is 1. The Kier molecular flexibility index (Phi) is 10.6. The number of piperidine rings is 1. The standard InChI is InChI=1S/C17H21N3S.C6H11NO/c1-4-14-7-8-16(18-2)17(10-14)21-13-20(3)12-15-6-5-9-19-11-15;8-5-6-2-1-3-7-4-6/h5-11H,2,4,12-13H2,1,3H3;5-7H,1-4H2. The third-order valence-corrected chi connectivity index (χ3v) is 5.95. The molecule has 1 saturated heterocycles. The molecule has 2 aromatic rings. The van der Waals surface area contributed by atoms with Gasteiger partial charge in [0.15, 0.2) is 0 Å². The van der Waals surface area contributed by atoms with Crippen LogP contribution in [0.15, 0.2) is 52.6 Å². The second kappa shape index (κ2) is 13.2. The summed E-state index contributed by atoms with van der Waals surface area (Å²) in [6, 6.07) is 10.5. The van der Waals surface area contributed by atoms with E-state index in [1.54, 1.807) is 18.0 Å². The minimum atomic E-state index is 0.295. The molecule has 2 heterocycles. The van der Waals surface area contributed by atoms with E-state index in [2.05, 4.69) is 65.1 Å². The van der Waals surface area contributed by atoms with E-state index in [-0.39, 0.29) is 0 Å². The van der Waals surface area contributed by atoms with Gasteiger partial charge in [-0.15, -0.1) is 11.8 Å². The highest BCUT2D eigenvalue weighted by Crippen LogP contribution is 2.31. The highest BCUT2D eigenvalue weighted by molar-refractivity contribution is 7.99. The lowest BCUT2D eigenvalue weighted by Crippen LogP contribution is -2.30. The molecule has 0 saturated carbocycles. The predicted octanol–water partition coefficient (Wildman–Crippen LogP) is 4.34. The van der Waals surface area contributed by atoms with Gasteiger partial charge in [0, 0.05) is 42.2 Å². The van der Waals surface area contributed by atoms with Gasteiger partial charge in [0.25, 0.3) is 0 Å². The molecule has 0 aliphatic carbocycles. The molecule has 0 amide bonds. The van der Waals surface area contributed by atoms with Gasteiger partial charge >= 0.3 is 0 Å². The average Bonchev–Trinajstić information content (AvgIpc) is 2.79. The van der Waals surface area contributed by atoms with Crippen molar-refractivity contribution in [1.82, 2.24) is 15.2 Å². The fraction of sp³-hybridized carbons (Fsp3) is 0.435. The zero-order valence-electron chi connectivity index (χ0n) is 17.5. The van der Waals surface area contributed by atoms with Crippen molar-refractivity contribution in [2.75, 3.05) is 26.0 Å². The summed E-state index contributed by atoms with van der Waals surface area (Å²) in [5.74, 6) is 1.20. The molecule has 1 aliphatic heterocycles. The molecule has 1 aromatic carbocycles. The van der Waals surface area contributed by atoms with Crippen molar-refractivity contribution in [2.24, 2.45) is 10.9 Å². The molecular weight excluding hydrogens is 380 g/mol. The largest absolute Gasteiger partial charge is 0.316 e. The lowest BCUT2D eigenvalue weighted by atomic mass is 10.0. The van der Waals surface area contributed by atoms with E-state index in [1.165, 1.54) is 16.0 Å². The maximum absolute atomic E-state index is 10.1. The normalized spacial score (nSPS) is 16.0. The summed E-state index contributed by atoms with van der Waals surface area (Å²) in [6.45, 7) is 8.70. The molecule has 1 aromatic heterocycles. The van der Waals surface area contributed by atoms with Crippen LogP contribution in [0.2, 0.25) is 0 Å². The number of nitrogens with one attached hydrogen (secondary N) is 1. The van der Waals surface area contributed by atoms with Gasteiger partial charge in [-0.1, -0.05) is 19.1 Å². The van der Waals surface area contributed by atoms with Crippen LogP contribution in [0, 0.1) is 5.92 Å². The van der Waals surface area contributed by atoms with E-state index in [9.17, 15) is 4.79 Å². The first-order chi connectivity index (χ1) is 14.2. The Bertz CT molecular complexity index is 748. The van der Waals surface area contributed by atoms with Gasteiger partial charge in [0.05, 0.1) is 5.69 Å². The van der Waals surface area contributed by atoms with Crippen LogP contribution in [0.1, 0.15) is 30.9 Å². The minimum absolute atomic E-state index is 0.295. The number of aryl methyl sites for hydroxylation is 1. The number of thioether (sulfide) groups is 1. The zero-order chi connectivity index (χ0) is 20.9. The molecule has 6 heteroatoms. The fourth-order valence-electron chi connectivity index (χ4n) is 3.05. The quantitative estimate of drug-likeness (QED) is 0.302. The van der Waals surface area contributed by atoms with Gasteiger partial charge in [-0.3, -0.25) is 14.9 Å². The third kappa shape index (κ3) is 8.48. The highest BCUT2D eigenvalue weighted by atomic mass is 32.2. The van der Waals surface area contributed by atoms with Crippen LogP contribution in [-0.4, -0.2) is 48.9 Å². The van der Waals surface area contributed by atoms with Crippen LogP contribution >= 0.6 is 11.8 Å². The van der Waals surface area contributed by atoms with Gasteiger partial charge in [-0.25, -0.2) is 0 Å². The van der Waals surface area contributed by atoms with E-state index < -0.39 is 0 Å². The summed E-state index contributed by atoms with van der Waals surface area (Å²) >= 11 is 1.80. The predicted molar refractivity (Wildman–Crippen MR) is 123 cm³/mol. The van der Waals surface area contributed by atoms with Crippen molar-refractivity contribution in [1.29, 1.82) is 0 Å². The van der Waals surface area contributed by atoms with Crippen LogP contribution in [-0.2, 0) is 17.8 Å². The number of aromatic nitrogens is 1. The first-order valence-electron chi connectivity index (χ1n) is 10.1. The Balaban J connectivity index is 0.000000313. The molecule has 5 nitrogen and oxygen atoms in total.